The molecular weight excluding hydrogens is 182 g/mol. The van der Waals surface area contributed by atoms with Crippen molar-refractivity contribution in [3.8, 4) is 0 Å². The third kappa shape index (κ3) is 4.69. The van der Waals surface area contributed by atoms with Crippen LogP contribution in [0.1, 0.15) is 13.8 Å². The number of rotatable bonds is 4. The van der Waals surface area contributed by atoms with Crippen molar-refractivity contribution in [3.63, 3.8) is 0 Å². The highest BCUT2D eigenvalue weighted by molar-refractivity contribution is 5.76. The average molecular weight is 202 g/mol. The third-order valence-corrected chi connectivity index (χ3v) is 1.66. The van der Waals surface area contributed by atoms with Crippen molar-refractivity contribution in [3.05, 3.63) is 0 Å². The zero-order chi connectivity index (χ0) is 11.0. The van der Waals surface area contributed by atoms with E-state index in [4.69, 9.17) is 0 Å². The fourth-order valence-electron chi connectivity index (χ4n) is 1.00. The van der Waals surface area contributed by atoms with Gasteiger partial charge in [-0.25, -0.2) is 4.79 Å². The summed E-state index contributed by atoms with van der Waals surface area (Å²) in [6, 6.07) is 0. The topological polar surface area (TPSA) is 53.4 Å². The molecule has 0 aliphatic carbocycles. The van der Waals surface area contributed by atoms with Crippen molar-refractivity contribution in [2.75, 3.05) is 33.8 Å². The standard InChI is InChI=1S/C9H19N3O2/c1-5-10-9(11-6-2)12(3)7-8(13)14-4/h5-7H2,1-4H3,(H,10,11)/p+1. The Kier molecular flexibility index (Phi) is 6.53. The van der Waals surface area contributed by atoms with E-state index in [1.807, 2.05) is 20.9 Å². The van der Waals surface area contributed by atoms with Crippen LogP contribution in [0.2, 0.25) is 0 Å². The van der Waals surface area contributed by atoms with Crippen LogP contribution < -0.4 is 10.6 Å². The minimum atomic E-state index is -0.249. The Morgan fingerprint density at radius 2 is 1.79 bits per heavy atom. The molecule has 5 heteroatoms. The molecule has 0 saturated heterocycles. The van der Waals surface area contributed by atoms with Crippen LogP contribution >= 0.6 is 0 Å². The predicted molar refractivity (Wildman–Crippen MR) is 55.4 cm³/mol. The number of hydrogen-bond acceptors (Lipinski definition) is 2. The van der Waals surface area contributed by atoms with E-state index in [0.717, 1.165) is 19.0 Å². The van der Waals surface area contributed by atoms with Crippen molar-refractivity contribution in [2.45, 2.75) is 13.8 Å². The largest absolute Gasteiger partial charge is 0.467 e. The van der Waals surface area contributed by atoms with Crippen molar-refractivity contribution in [2.24, 2.45) is 0 Å². The van der Waals surface area contributed by atoms with Crippen molar-refractivity contribution < 1.29 is 14.1 Å². The lowest BCUT2D eigenvalue weighted by atomic mass is 10.6. The second-order valence-corrected chi connectivity index (χ2v) is 2.84. The van der Waals surface area contributed by atoms with Gasteiger partial charge in [0.2, 0.25) is 0 Å². The fraction of sp³-hybridized carbons (Fsp3) is 0.778. The Bertz CT molecular complexity index is 206. The van der Waals surface area contributed by atoms with E-state index < -0.39 is 0 Å². The summed E-state index contributed by atoms with van der Waals surface area (Å²) < 4.78 is 6.37. The summed E-state index contributed by atoms with van der Waals surface area (Å²) in [6.07, 6.45) is 0. The number of nitrogens with one attached hydrogen (secondary N) is 2. The van der Waals surface area contributed by atoms with E-state index in [-0.39, 0.29) is 12.5 Å². The molecule has 5 nitrogen and oxygen atoms in total. The molecule has 0 aliphatic heterocycles. The van der Waals surface area contributed by atoms with Gasteiger partial charge in [0.25, 0.3) is 0 Å². The number of likely N-dealkylation sites (N-methyl/N-ethyl adjacent to an activating group) is 1. The van der Waals surface area contributed by atoms with E-state index >= 15 is 0 Å². The molecule has 0 bridgehead atoms. The van der Waals surface area contributed by atoms with Gasteiger partial charge >= 0.3 is 11.9 Å². The highest BCUT2D eigenvalue weighted by atomic mass is 16.5. The van der Waals surface area contributed by atoms with Crippen LogP contribution in [0.3, 0.4) is 0 Å². The second kappa shape index (κ2) is 7.17. The van der Waals surface area contributed by atoms with Crippen LogP contribution in [0.4, 0.5) is 0 Å². The SMILES string of the molecule is CCNC(NCC)=[N+](C)CC(=O)OC. The van der Waals surface area contributed by atoms with Gasteiger partial charge in [-0.15, -0.1) is 0 Å². The maximum atomic E-state index is 11.0. The molecule has 0 amide bonds. The molecule has 0 aliphatic rings. The highest BCUT2D eigenvalue weighted by Gasteiger charge is 2.10. The van der Waals surface area contributed by atoms with Gasteiger partial charge in [-0.05, 0) is 13.8 Å². The quantitative estimate of drug-likeness (QED) is 0.276. The molecular formula is C9H20N3O2+. The third-order valence-electron chi connectivity index (χ3n) is 1.66. The van der Waals surface area contributed by atoms with Crippen molar-refractivity contribution >= 4 is 11.9 Å². The first-order valence-corrected chi connectivity index (χ1v) is 4.78. The van der Waals surface area contributed by atoms with Gasteiger partial charge in [0, 0.05) is 0 Å². The number of guanidine groups is 1. The number of carbonyl (C=O) groups excluding carboxylic acids is 1. The summed E-state index contributed by atoms with van der Waals surface area (Å²) in [4.78, 5) is 11.0. The number of hydrogen-bond donors (Lipinski definition) is 2. The molecule has 0 fully saturated rings. The fourth-order valence-corrected chi connectivity index (χ4v) is 1.00. The monoisotopic (exact) mass is 202 g/mol. The molecule has 0 unspecified atom stereocenters. The van der Waals surface area contributed by atoms with Gasteiger partial charge in [0.15, 0.2) is 6.54 Å². The van der Waals surface area contributed by atoms with Crippen molar-refractivity contribution in [1.82, 2.24) is 10.6 Å². The summed E-state index contributed by atoms with van der Waals surface area (Å²) in [5.74, 6) is 0.598. The number of ether oxygens (including phenoxy) is 1. The van der Waals surface area contributed by atoms with E-state index in [9.17, 15) is 4.79 Å². The van der Waals surface area contributed by atoms with E-state index in [1.165, 1.54) is 7.11 Å². The Balaban J connectivity index is 4.36. The normalized spacial score (nSPS) is 9.14. The maximum absolute atomic E-state index is 11.0. The smallest absolute Gasteiger partial charge is 0.346 e. The molecule has 0 aromatic carbocycles. The Hall–Kier alpha value is -1.26. The number of carbonyl (C=O) groups is 1. The molecule has 0 heterocycles. The van der Waals surface area contributed by atoms with E-state index in [0.29, 0.717) is 0 Å². The van der Waals surface area contributed by atoms with Crippen LogP contribution in [0.15, 0.2) is 0 Å². The molecule has 0 aromatic heterocycles. The Morgan fingerprint density at radius 1 is 1.29 bits per heavy atom. The minimum Gasteiger partial charge on any atom is -0.467 e. The molecule has 0 radical (unpaired) electrons. The number of methoxy groups -OCH3 is 1. The van der Waals surface area contributed by atoms with Gasteiger partial charge in [-0.2, -0.15) is 0 Å². The molecule has 2 N–H and O–H groups in total. The van der Waals surface area contributed by atoms with Crippen LogP contribution in [-0.4, -0.2) is 50.3 Å². The average Bonchev–Trinajstić information content (AvgIpc) is 2.17. The summed E-state index contributed by atoms with van der Waals surface area (Å²) >= 11 is 0. The van der Waals surface area contributed by atoms with Crippen LogP contribution in [0.25, 0.3) is 0 Å². The van der Waals surface area contributed by atoms with Gasteiger partial charge in [-0.3, -0.25) is 15.2 Å². The molecule has 14 heavy (non-hydrogen) atoms. The van der Waals surface area contributed by atoms with Gasteiger partial charge in [-0.1, -0.05) is 0 Å². The zero-order valence-electron chi connectivity index (χ0n) is 9.39. The first kappa shape index (κ1) is 12.7. The number of esters is 1. The van der Waals surface area contributed by atoms with Crippen molar-refractivity contribution in [1.29, 1.82) is 0 Å². The number of nitrogens with zero attached hydrogens (tertiary/aromatic N) is 1. The molecule has 0 atom stereocenters. The summed E-state index contributed by atoms with van der Waals surface area (Å²) in [6.45, 7) is 5.88. The van der Waals surface area contributed by atoms with Crippen LogP contribution in [0.5, 0.6) is 0 Å². The van der Waals surface area contributed by atoms with Gasteiger partial charge in [0.05, 0.1) is 27.2 Å². The molecule has 0 spiro atoms. The first-order chi connectivity index (χ1) is 6.65. The lowest BCUT2D eigenvalue weighted by Gasteiger charge is -2.08. The van der Waals surface area contributed by atoms with E-state index in [1.54, 1.807) is 4.58 Å². The minimum absolute atomic E-state index is 0.242. The first-order valence-electron chi connectivity index (χ1n) is 4.78. The molecule has 0 aromatic rings. The molecule has 0 rings (SSSR count). The van der Waals surface area contributed by atoms with Gasteiger partial charge in [0.1, 0.15) is 0 Å². The predicted octanol–water partition coefficient (Wildman–Crippen LogP) is -0.623. The molecule has 82 valence electrons. The summed E-state index contributed by atoms with van der Waals surface area (Å²) in [7, 11) is 3.22. The molecule has 0 saturated carbocycles. The van der Waals surface area contributed by atoms with Crippen LogP contribution in [-0.2, 0) is 9.53 Å². The Morgan fingerprint density at radius 3 is 2.14 bits per heavy atom. The highest BCUT2D eigenvalue weighted by Crippen LogP contribution is 1.77. The summed E-state index contributed by atoms with van der Waals surface area (Å²) in [5.41, 5.74) is 0. The second-order valence-electron chi connectivity index (χ2n) is 2.84. The van der Waals surface area contributed by atoms with Gasteiger partial charge < -0.3 is 4.74 Å². The van der Waals surface area contributed by atoms with E-state index in [2.05, 4.69) is 15.4 Å². The zero-order valence-corrected chi connectivity index (χ0v) is 9.39. The van der Waals surface area contributed by atoms with Crippen LogP contribution in [0, 0.1) is 0 Å². The lowest BCUT2D eigenvalue weighted by molar-refractivity contribution is -0.491. The lowest BCUT2D eigenvalue weighted by Crippen LogP contribution is -2.44. The summed E-state index contributed by atoms with van der Waals surface area (Å²) in [5, 5.41) is 6.27. The maximum Gasteiger partial charge on any atom is 0.346 e. The Labute approximate surface area is 85.1 Å².